The summed E-state index contributed by atoms with van der Waals surface area (Å²) in [5.74, 6) is -1.33. The zero-order valence-corrected chi connectivity index (χ0v) is 20.5. The monoisotopic (exact) mass is 510 g/mol. The Morgan fingerprint density at radius 3 is 2.56 bits per heavy atom. The summed E-state index contributed by atoms with van der Waals surface area (Å²) < 4.78 is 19.4. The number of aromatic amines is 1. The van der Waals surface area contributed by atoms with Crippen LogP contribution in [-0.4, -0.2) is 27.0 Å². The summed E-state index contributed by atoms with van der Waals surface area (Å²) in [5.41, 5.74) is 1.19. The zero-order chi connectivity index (χ0) is 26.0. The van der Waals surface area contributed by atoms with Crippen molar-refractivity contribution >= 4 is 29.2 Å². The molecule has 0 saturated heterocycles. The van der Waals surface area contributed by atoms with E-state index in [-0.39, 0.29) is 39.4 Å². The highest BCUT2D eigenvalue weighted by Gasteiger charge is 2.37. The number of nitrogens with one attached hydrogen (secondary N) is 2. The third kappa shape index (κ3) is 5.15. The number of hydrogen-bond acceptors (Lipinski definition) is 8. The van der Waals surface area contributed by atoms with Crippen molar-refractivity contribution in [2.24, 2.45) is 0 Å². The van der Waals surface area contributed by atoms with E-state index in [9.17, 15) is 24.1 Å². The van der Waals surface area contributed by atoms with E-state index in [1.54, 1.807) is 39.0 Å². The molecule has 0 radical (unpaired) electrons. The van der Waals surface area contributed by atoms with Gasteiger partial charge in [-0.2, -0.15) is 0 Å². The number of nitrogens with zero attached hydrogens (tertiary/aromatic N) is 2. The molecule has 186 valence electrons. The Kier molecular flexibility index (Phi) is 7.20. The Morgan fingerprint density at radius 1 is 1.22 bits per heavy atom. The summed E-state index contributed by atoms with van der Waals surface area (Å²) in [5, 5.41) is 14.4. The molecule has 3 aromatic rings. The van der Waals surface area contributed by atoms with E-state index in [4.69, 9.17) is 4.74 Å². The molecule has 2 aromatic carbocycles. The maximum Gasteiger partial charge on any atom is 0.337 e. The highest BCUT2D eigenvalue weighted by atomic mass is 32.2. The van der Waals surface area contributed by atoms with Crippen LogP contribution >= 0.6 is 11.8 Å². The number of carbonyl (C=O) groups excluding carboxylic acids is 1. The van der Waals surface area contributed by atoms with Crippen LogP contribution < -0.4 is 10.9 Å². The summed E-state index contributed by atoms with van der Waals surface area (Å²) in [4.78, 5) is 44.2. The number of thioether (sulfide) groups is 1. The lowest BCUT2D eigenvalue weighted by Gasteiger charge is -2.29. The summed E-state index contributed by atoms with van der Waals surface area (Å²) >= 11 is 1.16. The van der Waals surface area contributed by atoms with Crippen LogP contribution in [0.2, 0.25) is 0 Å². The molecule has 9 nitrogen and oxygen atoms in total. The van der Waals surface area contributed by atoms with E-state index < -0.39 is 28.5 Å². The van der Waals surface area contributed by atoms with Gasteiger partial charge >= 0.3 is 5.97 Å². The van der Waals surface area contributed by atoms with Crippen molar-refractivity contribution < 1.29 is 18.8 Å². The number of H-pyrrole nitrogens is 1. The number of allylic oxidation sites excluding steroid dienone is 1. The van der Waals surface area contributed by atoms with Gasteiger partial charge in [-0.1, -0.05) is 42.1 Å². The highest BCUT2D eigenvalue weighted by molar-refractivity contribution is 7.98. The van der Waals surface area contributed by atoms with Crippen LogP contribution in [0, 0.1) is 15.9 Å². The number of rotatable bonds is 7. The van der Waals surface area contributed by atoms with Crippen LogP contribution in [0.25, 0.3) is 0 Å². The zero-order valence-electron chi connectivity index (χ0n) is 19.7. The van der Waals surface area contributed by atoms with Gasteiger partial charge in [-0.3, -0.25) is 14.9 Å². The number of ether oxygens (including phenoxy) is 1. The van der Waals surface area contributed by atoms with Crippen LogP contribution in [0.1, 0.15) is 43.4 Å². The molecular formula is C25H23FN4O5S. The van der Waals surface area contributed by atoms with E-state index in [0.29, 0.717) is 16.8 Å². The molecule has 11 heteroatoms. The molecule has 0 saturated carbocycles. The van der Waals surface area contributed by atoms with Gasteiger partial charge in [-0.25, -0.2) is 14.2 Å². The molecule has 2 heterocycles. The smallest absolute Gasteiger partial charge is 0.337 e. The van der Waals surface area contributed by atoms with Gasteiger partial charge in [0, 0.05) is 23.6 Å². The summed E-state index contributed by atoms with van der Waals surface area (Å²) in [6.45, 7) is 5.10. The van der Waals surface area contributed by atoms with Crippen LogP contribution in [0.5, 0.6) is 0 Å². The number of hydrogen-bond donors (Lipinski definition) is 2. The lowest BCUT2D eigenvalue weighted by Crippen LogP contribution is -2.31. The maximum atomic E-state index is 14.0. The van der Waals surface area contributed by atoms with Crippen LogP contribution in [0.3, 0.4) is 0 Å². The first-order chi connectivity index (χ1) is 17.2. The molecule has 36 heavy (non-hydrogen) atoms. The third-order valence-corrected chi connectivity index (χ3v) is 6.47. The van der Waals surface area contributed by atoms with E-state index in [0.717, 1.165) is 11.8 Å². The van der Waals surface area contributed by atoms with Crippen molar-refractivity contribution in [3.63, 3.8) is 0 Å². The summed E-state index contributed by atoms with van der Waals surface area (Å²) in [6.07, 6.45) is -0.398. The average Bonchev–Trinajstić information content (AvgIpc) is 2.82. The molecule has 0 aliphatic carbocycles. The number of esters is 1. The van der Waals surface area contributed by atoms with Crippen molar-refractivity contribution in [1.29, 1.82) is 0 Å². The Bertz CT molecular complexity index is 1420. The largest absolute Gasteiger partial charge is 0.460 e. The third-order valence-electron chi connectivity index (χ3n) is 5.54. The van der Waals surface area contributed by atoms with Crippen molar-refractivity contribution in [2.75, 3.05) is 5.32 Å². The lowest BCUT2D eigenvalue weighted by atomic mass is 9.82. The van der Waals surface area contributed by atoms with Crippen molar-refractivity contribution in [2.45, 2.75) is 43.7 Å². The van der Waals surface area contributed by atoms with Crippen LogP contribution in [-0.2, 0) is 15.3 Å². The summed E-state index contributed by atoms with van der Waals surface area (Å²) in [6, 6.07) is 12.0. The predicted octanol–water partition coefficient (Wildman–Crippen LogP) is 4.89. The van der Waals surface area contributed by atoms with E-state index in [1.165, 1.54) is 30.3 Å². The predicted molar refractivity (Wildman–Crippen MR) is 133 cm³/mol. The molecule has 4 rings (SSSR count). The van der Waals surface area contributed by atoms with Crippen molar-refractivity contribution in [1.82, 2.24) is 9.97 Å². The number of benzene rings is 2. The van der Waals surface area contributed by atoms with Gasteiger partial charge in [0.1, 0.15) is 11.6 Å². The van der Waals surface area contributed by atoms with Crippen LogP contribution in [0.15, 0.2) is 69.8 Å². The Balaban J connectivity index is 1.77. The molecule has 0 bridgehead atoms. The van der Waals surface area contributed by atoms with Gasteiger partial charge in [-0.15, -0.1) is 0 Å². The van der Waals surface area contributed by atoms with Gasteiger partial charge in [0.25, 0.3) is 11.2 Å². The van der Waals surface area contributed by atoms with Gasteiger partial charge in [-0.05, 0) is 38.0 Å². The fraction of sp³-hybridized carbons (Fsp3) is 0.240. The fourth-order valence-electron chi connectivity index (χ4n) is 3.93. The second kappa shape index (κ2) is 10.3. The van der Waals surface area contributed by atoms with E-state index in [1.807, 2.05) is 0 Å². The minimum absolute atomic E-state index is 0.119. The number of nitro groups is 1. The number of anilines is 1. The number of aromatic nitrogens is 2. The van der Waals surface area contributed by atoms with E-state index >= 15 is 0 Å². The number of fused-ring (bicyclic) bond motifs is 1. The Hall–Kier alpha value is -3.99. The highest BCUT2D eigenvalue weighted by Crippen LogP contribution is 2.40. The molecule has 1 atom stereocenters. The number of halogens is 1. The van der Waals surface area contributed by atoms with Crippen molar-refractivity contribution in [3.05, 3.63) is 103 Å². The van der Waals surface area contributed by atoms with Gasteiger partial charge in [0.15, 0.2) is 5.16 Å². The first kappa shape index (κ1) is 25.1. The molecule has 0 fully saturated rings. The SMILES string of the molecule is CC1=C(C(=O)OC(C)C)[C@H](c2ccc([N+](=O)[O-])cc2)c2c(nc(SCc3ccccc3F)[nH]c2=O)N1. The molecule has 1 aromatic heterocycles. The fourth-order valence-corrected chi connectivity index (χ4v) is 4.78. The molecule has 0 spiro atoms. The normalized spacial score (nSPS) is 14.9. The first-order valence-electron chi connectivity index (χ1n) is 11.1. The molecule has 2 N–H and O–H groups in total. The van der Waals surface area contributed by atoms with Gasteiger partial charge < -0.3 is 15.0 Å². The van der Waals surface area contributed by atoms with Gasteiger partial charge in [0.2, 0.25) is 0 Å². The number of carbonyl (C=O) groups is 1. The topological polar surface area (TPSA) is 127 Å². The van der Waals surface area contributed by atoms with Crippen LogP contribution in [0.4, 0.5) is 15.9 Å². The first-order valence-corrected chi connectivity index (χ1v) is 12.1. The molecule has 0 amide bonds. The number of nitro benzene ring substituents is 1. The van der Waals surface area contributed by atoms with Crippen molar-refractivity contribution in [3.8, 4) is 0 Å². The second-order valence-corrected chi connectivity index (χ2v) is 9.38. The number of non-ortho nitro benzene ring substituents is 1. The Labute approximate surface area is 210 Å². The van der Waals surface area contributed by atoms with Gasteiger partial charge in [0.05, 0.1) is 28.1 Å². The quantitative estimate of drug-likeness (QED) is 0.151. The molecular weight excluding hydrogens is 487 g/mol. The standard InChI is InChI=1S/C25H23FN4O5S/c1-13(2)35-24(32)19-14(3)27-22-21(20(19)15-8-10-17(11-9-15)30(33)34)23(31)29-25(28-22)36-12-16-6-4-5-7-18(16)26/h4-11,13,20H,12H2,1-3H3,(H2,27,28,29,31)/t20-/m0/s1. The molecule has 1 aliphatic heterocycles. The lowest BCUT2D eigenvalue weighted by molar-refractivity contribution is -0.384. The molecule has 0 unspecified atom stereocenters. The maximum absolute atomic E-state index is 14.0. The average molecular weight is 511 g/mol. The minimum atomic E-state index is -0.866. The Morgan fingerprint density at radius 2 is 1.92 bits per heavy atom. The second-order valence-electron chi connectivity index (χ2n) is 8.41. The molecule has 1 aliphatic rings. The van der Waals surface area contributed by atoms with E-state index in [2.05, 4.69) is 15.3 Å². The summed E-state index contributed by atoms with van der Waals surface area (Å²) in [7, 11) is 0. The minimum Gasteiger partial charge on any atom is -0.460 e.